The zero-order valence-electron chi connectivity index (χ0n) is 11.8. The molecule has 3 rings (SSSR count). The Balaban J connectivity index is 1.77. The van der Waals surface area contributed by atoms with Crippen LogP contribution in [0.1, 0.15) is 0 Å². The molecule has 3 aromatic rings. The average molecular weight is 347 g/mol. The minimum Gasteiger partial charge on any atom is -0.306 e. The molecule has 0 radical (unpaired) electrons. The van der Waals surface area contributed by atoms with Gasteiger partial charge in [-0.3, -0.25) is 5.32 Å². The van der Waals surface area contributed by atoms with Gasteiger partial charge in [0, 0.05) is 6.07 Å². The number of nitrogens with zero attached hydrogens (tertiary/aromatic N) is 2. The lowest BCUT2D eigenvalue weighted by Crippen LogP contribution is -2.21. The fraction of sp³-hybridized carbons (Fsp3) is 0. The molecular weight excluding hydrogens is 335 g/mol. The molecule has 1 aromatic heterocycles. The molecule has 0 saturated heterocycles. The van der Waals surface area contributed by atoms with Crippen molar-refractivity contribution >= 4 is 40.7 Å². The zero-order valence-corrected chi connectivity index (χ0v) is 13.3. The number of benzene rings is 2. The Morgan fingerprint density at radius 3 is 2.52 bits per heavy atom. The first-order chi connectivity index (χ1) is 11.1. The monoisotopic (exact) mass is 346 g/mol. The summed E-state index contributed by atoms with van der Waals surface area (Å²) in [5.41, 5.74) is 1.27. The van der Waals surface area contributed by atoms with Crippen molar-refractivity contribution in [3.63, 3.8) is 0 Å². The number of halogens is 2. The van der Waals surface area contributed by atoms with Gasteiger partial charge in [-0.2, -0.15) is 5.10 Å². The van der Waals surface area contributed by atoms with Gasteiger partial charge in [0.1, 0.15) is 5.82 Å². The topological polar surface area (TPSA) is 59.0 Å². The summed E-state index contributed by atoms with van der Waals surface area (Å²) in [5, 5.41) is 10.3. The normalized spacial score (nSPS) is 10.3. The van der Waals surface area contributed by atoms with E-state index in [0.29, 0.717) is 21.6 Å². The highest BCUT2D eigenvalue weighted by molar-refractivity contribution is 6.44. The van der Waals surface area contributed by atoms with Crippen LogP contribution in [0.3, 0.4) is 0 Å². The van der Waals surface area contributed by atoms with Gasteiger partial charge in [0.15, 0.2) is 0 Å². The lowest BCUT2D eigenvalue weighted by molar-refractivity contribution is 0.262. The maximum Gasteiger partial charge on any atom is 0.324 e. The van der Waals surface area contributed by atoms with E-state index in [-0.39, 0.29) is 0 Å². The SMILES string of the molecule is O=C(Nc1cccc(Cl)c1Cl)Nc1ccnn1-c1ccccc1. The van der Waals surface area contributed by atoms with Crippen LogP contribution in [0.15, 0.2) is 60.8 Å². The first-order valence-corrected chi connectivity index (χ1v) is 7.52. The minimum absolute atomic E-state index is 0.292. The van der Waals surface area contributed by atoms with Crippen LogP contribution in [0.25, 0.3) is 5.69 Å². The number of hydrogen-bond acceptors (Lipinski definition) is 2. The van der Waals surface area contributed by atoms with E-state index in [1.807, 2.05) is 30.3 Å². The third-order valence-electron chi connectivity index (χ3n) is 3.08. The number of para-hydroxylation sites is 1. The number of rotatable bonds is 3. The molecule has 7 heteroatoms. The van der Waals surface area contributed by atoms with Gasteiger partial charge in [0.25, 0.3) is 0 Å². The van der Waals surface area contributed by atoms with Gasteiger partial charge in [0.05, 0.1) is 27.6 Å². The van der Waals surface area contributed by atoms with E-state index in [1.54, 1.807) is 35.1 Å². The summed E-state index contributed by atoms with van der Waals surface area (Å²) in [7, 11) is 0. The van der Waals surface area contributed by atoms with Crippen LogP contribution >= 0.6 is 23.2 Å². The van der Waals surface area contributed by atoms with E-state index in [9.17, 15) is 4.79 Å². The van der Waals surface area contributed by atoms with Crippen molar-refractivity contribution in [1.29, 1.82) is 0 Å². The fourth-order valence-corrected chi connectivity index (χ4v) is 2.39. The van der Waals surface area contributed by atoms with Crippen LogP contribution in [-0.2, 0) is 0 Å². The second kappa shape index (κ2) is 6.73. The molecule has 2 aromatic carbocycles. The molecular formula is C16H12Cl2N4O. The molecule has 0 atom stereocenters. The number of aromatic nitrogens is 2. The Labute approximate surface area is 142 Å². The summed E-state index contributed by atoms with van der Waals surface area (Å²) in [4.78, 5) is 12.2. The Kier molecular flexibility index (Phi) is 4.50. The minimum atomic E-state index is -0.438. The van der Waals surface area contributed by atoms with Gasteiger partial charge in [-0.15, -0.1) is 0 Å². The molecule has 0 aliphatic heterocycles. The highest BCUT2D eigenvalue weighted by atomic mass is 35.5. The summed E-state index contributed by atoms with van der Waals surface area (Å²) >= 11 is 12.0. The van der Waals surface area contributed by atoms with Crippen molar-refractivity contribution < 1.29 is 4.79 Å². The number of carbonyl (C=O) groups is 1. The maximum atomic E-state index is 12.2. The largest absolute Gasteiger partial charge is 0.324 e. The predicted octanol–water partition coefficient (Wildman–Crippen LogP) is 4.82. The second-order valence-corrected chi connectivity index (χ2v) is 5.43. The molecule has 0 saturated carbocycles. The molecule has 0 bridgehead atoms. The Morgan fingerprint density at radius 1 is 0.957 bits per heavy atom. The van der Waals surface area contributed by atoms with Crippen molar-refractivity contribution in [2.24, 2.45) is 0 Å². The molecule has 0 spiro atoms. The number of carbonyl (C=O) groups excluding carboxylic acids is 1. The molecule has 0 fully saturated rings. The number of nitrogens with one attached hydrogen (secondary N) is 2. The molecule has 116 valence electrons. The summed E-state index contributed by atoms with van der Waals surface area (Å²) < 4.78 is 1.62. The predicted molar refractivity (Wildman–Crippen MR) is 92.7 cm³/mol. The summed E-state index contributed by atoms with van der Waals surface area (Å²) in [6.45, 7) is 0. The molecule has 5 nitrogen and oxygen atoms in total. The van der Waals surface area contributed by atoms with Gasteiger partial charge >= 0.3 is 6.03 Å². The van der Waals surface area contributed by atoms with Gasteiger partial charge in [-0.1, -0.05) is 47.5 Å². The van der Waals surface area contributed by atoms with Crippen molar-refractivity contribution in [2.45, 2.75) is 0 Å². The molecule has 2 amide bonds. The van der Waals surface area contributed by atoms with E-state index >= 15 is 0 Å². The molecule has 1 heterocycles. The van der Waals surface area contributed by atoms with Gasteiger partial charge in [-0.05, 0) is 24.3 Å². The average Bonchev–Trinajstić information content (AvgIpc) is 3.00. The van der Waals surface area contributed by atoms with E-state index in [0.717, 1.165) is 5.69 Å². The molecule has 0 aliphatic rings. The van der Waals surface area contributed by atoms with E-state index < -0.39 is 6.03 Å². The third kappa shape index (κ3) is 3.47. The van der Waals surface area contributed by atoms with Gasteiger partial charge < -0.3 is 5.32 Å². The van der Waals surface area contributed by atoms with Gasteiger partial charge in [-0.25, -0.2) is 9.48 Å². The third-order valence-corrected chi connectivity index (χ3v) is 3.90. The maximum absolute atomic E-state index is 12.2. The van der Waals surface area contributed by atoms with Crippen LogP contribution < -0.4 is 10.6 Å². The molecule has 0 aliphatic carbocycles. The summed E-state index contributed by atoms with van der Waals surface area (Å²) in [6, 6.07) is 15.8. The highest BCUT2D eigenvalue weighted by Crippen LogP contribution is 2.29. The first kappa shape index (κ1) is 15.4. The quantitative estimate of drug-likeness (QED) is 0.713. The second-order valence-electron chi connectivity index (χ2n) is 4.64. The number of urea groups is 1. The molecule has 0 unspecified atom stereocenters. The highest BCUT2D eigenvalue weighted by Gasteiger charge is 2.11. The van der Waals surface area contributed by atoms with Crippen LogP contribution in [0.4, 0.5) is 16.3 Å². The van der Waals surface area contributed by atoms with Crippen LogP contribution in [0.5, 0.6) is 0 Å². The Bertz CT molecular complexity index is 833. The molecule has 23 heavy (non-hydrogen) atoms. The van der Waals surface area contributed by atoms with Crippen LogP contribution in [0, 0.1) is 0 Å². The lowest BCUT2D eigenvalue weighted by atomic mass is 10.3. The smallest absolute Gasteiger partial charge is 0.306 e. The van der Waals surface area contributed by atoms with Crippen LogP contribution in [0.2, 0.25) is 10.0 Å². The lowest BCUT2D eigenvalue weighted by Gasteiger charge is -2.11. The van der Waals surface area contributed by atoms with Crippen molar-refractivity contribution in [2.75, 3.05) is 10.6 Å². The van der Waals surface area contributed by atoms with Gasteiger partial charge in [0.2, 0.25) is 0 Å². The van der Waals surface area contributed by atoms with Crippen molar-refractivity contribution in [1.82, 2.24) is 9.78 Å². The standard InChI is InChI=1S/C16H12Cl2N4O/c17-12-7-4-8-13(15(12)18)20-16(23)21-14-9-10-19-22(14)11-5-2-1-3-6-11/h1-10H,(H2,20,21,23). The summed E-state index contributed by atoms with van der Waals surface area (Å²) in [5.74, 6) is 0.534. The fourth-order valence-electron chi connectivity index (χ4n) is 2.04. The van der Waals surface area contributed by atoms with Crippen molar-refractivity contribution in [3.05, 3.63) is 70.8 Å². The Morgan fingerprint density at radius 2 is 1.74 bits per heavy atom. The Hall–Kier alpha value is -2.50. The number of anilines is 2. The van der Waals surface area contributed by atoms with E-state index in [1.165, 1.54) is 0 Å². The van der Waals surface area contributed by atoms with E-state index in [2.05, 4.69) is 15.7 Å². The number of hydrogen-bond donors (Lipinski definition) is 2. The first-order valence-electron chi connectivity index (χ1n) is 6.76. The zero-order chi connectivity index (χ0) is 16.2. The summed E-state index contributed by atoms with van der Waals surface area (Å²) in [6.07, 6.45) is 1.61. The molecule has 2 N–H and O–H groups in total. The van der Waals surface area contributed by atoms with Crippen molar-refractivity contribution in [3.8, 4) is 5.69 Å². The van der Waals surface area contributed by atoms with E-state index in [4.69, 9.17) is 23.2 Å². The number of amides is 2. The van der Waals surface area contributed by atoms with Crippen LogP contribution in [-0.4, -0.2) is 15.8 Å².